The van der Waals surface area contributed by atoms with Crippen molar-refractivity contribution >= 4 is 28.8 Å². The van der Waals surface area contributed by atoms with E-state index < -0.39 is 4.92 Å². The van der Waals surface area contributed by atoms with Crippen LogP contribution < -0.4 is 10.2 Å². The van der Waals surface area contributed by atoms with Crippen molar-refractivity contribution in [3.8, 4) is 0 Å². The first-order chi connectivity index (χ1) is 12.6. The molecule has 8 nitrogen and oxygen atoms in total. The quantitative estimate of drug-likeness (QED) is 0.569. The van der Waals surface area contributed by atoms with Crippen LogP contribution >= 0.6 is 0 Å². The molecule has 4 rings (SSSR count). The lowest BCUT2D eigenvalue weighted by Gasteiger charge is -2.18. The number of nitrogens with one attached hydrogen (secondary N) is 1. The zero-order chi connectivity index (χ0) is 18.1. The van der Waals surface area contributed by atoms with E-state index in [9.17, 15) is 10.1 Å². The van der Waals surface area contributed by atoms with Crippen LogP contribution in [0.3, 0.4) is 0 Å². The van der Waals surface area contributed by atoms with E-state index in [2.05, 4.69) is 20.3 Å². The molecule has 130 valence electrons. The van der Waals surface area contributed by atoms with Gasteiger partial charge in [-0.3, -0.25) is 10.1 Å². The van der Waals surface area contributed by atoms with Crippen molar-refractivity contribution in [1.29, 1.82) is 0 Å². The van der Waals surface area contributed by atoms with Crippen LogP contribution in [0.4, 0.5) is 28.8 Å². The van der Waals surface area contributed by atoms with E-state index in [-0.39, 0.29) is 17.3 Å². The summed E-state index contributed by atoms with van der Waals surface area (Å²) in [6.07, 6.45) is 3.79. The van der Waals surface area contributed by atoms with Gasteiger partial charge in [-0.2, -0.15) is 0 Å². The Bertz CT molecular complexity index is 991. The minimum atomic E-state index is -0.450. The van der Waals surface area contributed by atoms with Gasteiger partial charge < -0.3 is 10.2 Å². The van der Waals surface area contributed by atoms with E-state index in [1.807, 2.05) is 42.2 Å². The zero-order valence-electron chi connectivity index (χ0n) is 14.1. The molecule has 0 saturated heterocycles. The third-order valence-corrected chi connectivity index (χ3v) is 4.29. The molecule has 26 heavy (non-hydrogen) atoms. The Balaban J connectivity index is 1.78. The van der Waals surface area contributed by atoms with Crippen LogP contribution in [-0.4, -0.2) is 26.4 Å². The summed E-state index contributed by atoms with van der Waals surface area (Å²) in [5, 5.41) is 14.8. The van der Waals surface area contributed by atoms with Gasteiger partial charge in [0.15, 0.2) is 0 Å². The first kappa shape index (κ1) is 15.9. The predicted octanol–water partition coefficient (Wildman–Crippen LogP) is 3.53. The van der Waals surface area contributed by atoms with Gasteiger partial charge in [0.1, 0.15) is 12.1 Å². The number of benzene rings is 1. The number of rotatable bonds is 4. The van der Waals surface area contributed by atoms with E-state index in [0.717, 1.165) is 23.2 Å². The van der Waals surface area contributed by atoms with Crippen LogP contribution in [0.25, 0.3) is 0 Å². The van der Waals surface area contributed by atoms with Crippen molar-refractivity contribution in [2.24, 2.45) is 0 Å². The smallest absolute Gasteiger partial charge is 0.320 e. The highest BCUT2D eigenvalue weighted by Gasteiger charge is 2.31. The number of nitrogens with zero attached hydrogens (tertiary/aromatic N) is 5. The molecule has 0 unspecified atom stereocenters. The fraction of sp³-hybridized carbons (Fsp3) is 0.167. The normalized spacial score (nSPS) is 12.7. The number of hydrogen-bond donors (Lipinski definition) is 1. The average Bonchev–Trinajstić information content (AvgIpc) is 3.05. The topological polar surface area (TPSA) is 97.1 Å². The van der Waals surface area contributed by atoms with Crippen LogP contribution in [0.5, 0.6) is 0 Å². The summed E-state index contributed by atoms with van der Waals surface area (Å²) in [5.74, 6) is 0.909. The monoisotopic (exact) mass is 348 g/mol. The van der Waals surface area contributed by atoms with Gasteiger partial charge >= 0.3 is 5.69 Å². The Morgan fingerprint density at radius 1 is 1.19 bits per heavy atom. The number of para-hydroxylation sites is 1. The van der Waals surface area contributed by atoms with Crippen molar-refractivity contribution < 1.29 is 4.92 Å². The van der Waals surface area contributed by atoms with Crippen molar-refractivity contribution in [3.05, 3.63) is 70.2 Å². The molecule has 8 heteroatoms. The van der Waals surface area contributed by atoms with E-state index in [1.54, 1.807) is 12.3 Å². The van der Waals surface area contributed by atoms with Crippen molar-refractivity contribution in [2.45, 2.75) is 13.3 Å². The molecule has 3 aromatic rings. The molecule has 0 amide bonds. The predicted molar refractivity (Wildman–Crippen MR) is 98.1 cm³/mol. The van der Waals surface area contributed by atoms with Crippen LogP contribution in [0.2, 0.25) is 0 Å². The lowest BCUT2D eigenvalue weighted by atomic mass is 10.2. The molecule has 0 saturated carbocycles. The Morgan fingerprint density at radius 3 is 2.85 bits per heavy atom. The van der Waals surface area contributed by atoms with Gasteiger partial charge in [0.2, 0.25) is 11.6 Å². The van der Waals surface area contributed by atoms with Crippen LogP contribution in [-0.2, 0) is 6.42 Å². The van der Waals surface area contributed by atoms with E-state index in [0.29, 0.717) is 12.4 Å². The lowest BCUT2D eigenvalue weighted by molar-refractivity contribution is -0.383. The summed E-state index contributed by atoms with van der Waals surface area (Å²) in [4.78, 5) is 25.7. The molecule has 1 aliphatic heterocycles. The second kappa shape index (κ2) is 6.40. The number of fused-ring (bicyclic) bond motifs is 1. The molecule has 1 N–H and O–H groups in total. The lowest BCUT2D eigenvalue weighted by Crippen LogP contribution is -2.17. The highest BCUT2D eigenvalue weighted by Crippen LogP contribution is 2.40. The zero-order valence-corrected chi connectivity index (χ0v) is 14.1. The molecule has 0 aliphatic carbocycles. The minimum absolute atomic E-state index is 0.127. The number of nitro groups is 1. The van der Waals surface area contributed by atoms with Gasteiger partial charge in [-0.05, 0) is 42.7 Å². The second-order valence-corrected chi connectivity index (χ2v) is 6.03. The molecule has 2 aromatic heterocycles. The number of aromatic nitrogens is 3. The third-order valence-electron chi connectivity index (χ3n) is 4.29. The molecular formula is C18H16N6O2. The van der Waals surface area contributed by atoms with Crippen LogP contribution in [0, 0.1) is 17.0 Å². The molecule has 1 aliphatic rings. The first-order valence-corrected chi connectivity index (χ1v) is 8.18. The summed E-state index contributed by atoms with van der Waals surface area (Å²) in [7, 11) is 0. The third kappa shape index (κ3) is 2.81. The van der Waals surface area contributed by atoms with Crippen LogP contribution in [0.15, 0.2) is 48.9 Å². The summed E-state index contributed by atoms with van der Waals surface area (Å²) >= 11 is 0. The van der Waals surface area contributed by atoms with Gasteiger partial charge in [0.25, 0.3) is 0 Å². The highest BCUT2D eigenvalue weighted by atomic mass is 16.6. The summed E-state index contributed by atoms with van der Waals surface area (Å²) in [6.45, 7) is 2.56. The van der Waals surface area contributed by atoms with Gasteiger partial charge in [0, 0.05) is 18.4 Å². The molecule has 0 spiro atoms. The molecule has 3 heterocycles. The van der Waals surface area contributed by atoms with Crippen molar-refractivity contribution in [2.75, 3.05) is 16.8 Å². The summed E-state index contributed by atoms with van der Waals surface area (Å²) in [5.41, 5.74) is 2.92. The maximum atomic E-state index is 11.8. The van der Waals surface area contributed by atoms with Crippen LogP contribution in [0.1, 0.15) is 11.1 Å². The Labute approximate surface area is 149 Å². The summed E-state index contributed by atoms with van der Waals surface area (Å²) in [6, 6.07) is 11.5. The molecule has 1 aromatic carbocycles. The largest absolute Gasteiger partial charge is 0.354 e. The van der Waals surface area contributed by atoms with E-state index in [4.69, 9.17) is 0 Å². The summed E-state index contributed by atoms with van der Waals surface area (Å²) < 4.78 is 0. The minimum Gasteiger partial charge on any atom is -0.320 e. The average molecular weight is 348 g/mol. The Morgan fingerprint density at radius 2 is 2.04 bits per heavy atom. The van der Waals surface area contributed by atoms with E-state index in [1.165, 1.54) is 6.33 Å². The molecule has 0 bridgehead atoms. The Hall–Kier alpha value is -3.55. The SMILES string of the molecule is Cc1ccnc(Nc2ncnc(N3CCc4ccccc43)c2[N+](=O)[O-])c1. The molecule has 0 radical (unpaired) electrons. The number of anilines is 4. The fourth-order valence-electron chi connectivity index (χ4n) is 3.11. The second-order valence-electron chi connectivity index (χ2n) is 6.03. The van der Waals surface area contributed by atoms with Crippen molar-refractivity contribution in [1.82, 2.24) is 15.0 Å². The first-order valence-electron chi connectivity index (χ1n) is 8.18. The number of pyridine rings is 1. The van der Waals surface area contributed by atoms with Crippen molar-refractivity contribution in [3.63, 3.8) is 0 Å². The number of hydrogen-bond acceptors (Lipinski definition) is 7. The highest BCUT2D eigenvalue weighted by molar-refractivity contribution is 5.79. The van der Waals surface area contributed by atoms with E-state index >= 15 is 0 Å². The molecular weight excluding hydrogens is 332 g/mol. The van der Waals surface area contributed by atoms with Gasteiger partial charge in [0.05, 0.1) is 4.92 Å². The fourth-order valence-corrected chi connectivity index (χ4v) is 3.11. The number of aryl methyl sites for hydroxylation is 1. The van der Waals surface area contributed by atoms with Gasteiger partial charge in [-0.15, -0.1) is 0 Å². The maximum Gasteiger partial charge on any atom is 0.354 e. The Kier molecular flexibility index (Phi) is 3.92. The maximum absolute atomic E-state index is 11.8. The standard InChI is InChI=1S/C18H16N6O2/c1-12-6-8-19-15(10-12)22-17-16(24(25)26)18(21-11-20-17)23-9-7-13-4-2-3-5-14(13)23/h2-6,8,10-11H,7,9H2,1H3,(H,19,20,21,22). The van der Waals surface area contributed by atoms with Gasteiger partial charge in [-0.1, -0.05) is 18.2 Å². The van der Waals surface area contributed by atoms with Gasteiger partial charge in [-0.25, -0.2) is 15.0 Å². The molecule has 0 fully saturated rings. The molecule has 0 atom stereocenters.